The number of nitrogens with one attached hydrogen (secondary N) is 2. The van der Waals surface area contributed by atoms with Crippen molar-refractivity contribution in [3.8, 4) is 0 Å². The fourth-order valence-electron chi connectivity index (χ4n) is 1.68. The highest BCUT2D eigenvalue weighted by atomic mass is 32.2. The molecule has 1 amide bonds. The molecule has 0 aliphatic heterocycles. The van der Waals surface area contributed by atoms with E-state index < -0.39 is 44.9 Å². The number of hydrogen-bond acceptors (Lipinski definition) is 8. The molecule has 0 fully saturated rings. The van der Waals surface area contributed by atoms with Gasteiger partial charge in [-0.3, -0.25) is 14.4 Å². The number of carbonyl (C=O) groups excluding carboxylic acids is 1. The summed E-state index contributed by atoms with van der Waals surface area (Å²) in [4.78, 5) is 29.4. The Balaban J connectivity index is 2.25. The Hall–Kier alpha value is -2.61. The number of carboxylic acid groups (broad SMARTS) is 1. The zero-order chi connectivity index (χ0) is 18.6. The van der Waals surface area contributed by atoms with Crippen molar-refractivity contribution in [3.05, 3.63) is 35.2 Å². The Labute approximate surface area is 144 Å². The highest BCUT2D eigenvalue weighted by Crippen LogP contribution is 2.25. The molecule has 2 rings (SSSR count). The number of nitrogens with two attached hydrogens (primary N) is 1. The summed E-state index contributed by atoms with van der Waals surface area (Å²) in [5, 5.41) is 10.8. The summed E-state index contributed by atoms with van der Waals surface area (Å²) in [5.74, 6) is 1.55. The van der Waals surface area contributed by atoms with E-state index in [1.165, 1.54) is 0 Å². The number of aromatic carboxylic acids is 1. The van der Waals surface area contributed by atoms with Crippen LogP contribution in [0.15, 0.2) is 28.6 Å². The maximum Gasteiger partial charge on any atom is 0.357 e. The van der Waals surface area contributed by atoms with Gasteiger partial charge in [0.05, 0.1) is 16.1 Å². The van der Waals surface area contributed by atoms with Crippen LogP contribution < -0.4 is 15.9 Å². The van der Waals surface area contributed by atoms with E-state index in [9.17, 15) is 22.4 Å². The van der Waals surface area contributed by atoms with Gasteiger partial charge in [0.1, 0.15) is 17.4 Å². The minimum absolute atomic E-state index is 0.217. The summed E-state index contributed by atoms with van der Waals surface area (Å²) in [5.41, 5.74) is 0.407. The SMILES string of the molecule is NOCC(=O)Nc1ccc(S(=O)(=O)Nc2scnc2C(=O)O)cc1F. The number of benzene rings is 1. The predicted octanol–water partition coefficient (Wildman–Crippen LogP) is 0.610. The molecule has 0 spiro atoms. The van der Waals surface area contributed by atoms with E-state index in [2.05, 4.69) is 15.1 Å². The summed E-state index contributed by atoms with van der Waals surface area (Å²) in [6.07, 6.45) is 0. The lowest BCUT2D eigenvalue weighted by Crippen LogP contribution is -2.21. The van der Waals surface area contributed by atoms with Crippen molar-refractivity contribution in [2.75, 3.05) is 16.6 Å². The number of anilines is 2. The predicted molar refractivity (Wildman–Crippen MR) is 85.1 cm³/mol. The number of amides is 1. The zero-order valence-corrected chi connectivity index (χ0v) is 13.9. The molecule has 2 aromatic rings. The third-order valence-electron chi connectivity index (χ3n) is 2.74. The number of carbonyl (C=O) groups is 2. The number of hydrogen-bond donors (Lipinski definition) is 4. The Morgan fingerprint density at radius 1 is 1.40 bits per heavy atom. The van der Waals surface area contributed by atoms with E-state index in [4.69, 9.17) is 11.0 Å². The number of sulfonamides is 1. The third-order valence-corrected chi connectivity index (χ3v) is 4.95. The Morgan fingerprint density at radius 2 is 2.12 bits per heavy atom. The summed E-state index contributed by atoms with van der Waals surface area (Å²) in [6.45, 7) is -0.510. The van der Waals surface area contributed by atoms with Gasteiger partial charge >= 0.3 is 5.97 Å². The smallest absolute Gasteiger partial charge is 0.357 e. The maximum atomic E-state index is 14.0. The maximum absolute atomic E-state index is 14.0. The molecule has 134 valence electrons. The van der Waals surface area contributed by atoms with Crippen molar-refractivity contribution >= 4 is 43.9 Å². The molecular weight excluding hydrogens is 379 g/mol. The fourth-order valence-corrected chi connectivity index (χ4v) is 3.68. The number of rotatable bonds is 7. The zero-order valence-electron chi connectivity index (χ0n) is 12.2. The van der Waals surface area contributed by atoms with Crippen LogP contribution in [0.25, 0.3) is 0 Å². The third kappa shape index (κ3) is 4.48. The summed E-state index contributed by atoms with van der Waals surface area (Å²) < 4.78 is 40.5. The number of carboxylic acids is 1. The largest absolute Gasteiger partial charge is 0.476 e. The molecule has 0 radical (unpaired) electrons. The molecular formula is C12H11FN4O6S2. The van der Waals surface area contributed by atoms with Gasteiger partial charge in [-0.1, -0.05) is 0 Å². The summed E-state index contributed by atoms with van der Waals surface area (Å²) in [6, 6.07) is 2.73. The van der Waals surface area contributed by atoms with Crippen LogP contribution in [0.1, 0.15) is 10.5 Å². The molecule has 1 aromatic heterocycles. The molecule has 0 aliphatic carbocycles. The van der Waals surface area contributed by atoms with Gasteiger partial charge < -0.3 is 10.4 Å². The van der Waals surface area contributed by atoms with E-state index in [-0.39, 0.29) is 10.7 Å². The van der Waals surface area contributed by atoms with Gasteiger partial charge in [0.2, 0.25) is 0 Å². The van der Waals surface area contributed by atoms with Crippen LogP contribution in [0.5, 0.6) is 0 Å². The minimum atomic E-state index is -4.26. The van der Waals surface area contributed by atoms with Crippen LogP contribution in [-0.4, -0.2) is 37.0 Å². The van der Waals surface area contributed by atoms with Gasteiger partial charge in [-0.15, -0.1) is 11.3 Å². The van der Waals surface area contributed by atoms with Gasteiger partial charge in [-0.2, -0.15) is 0 Å². The van der Waals surface area contributed by atoms with Crippen molar-refractivity contribution < 1.29 is 32.3 Å². The topological polar surface area (TPSA) is 161 Å². The molecule has 1 aromatic carbocycles. The van der Waals surface area contributed by atoms with Crippen molar-refractivity contribution in [3.63, 3.8) is 0 Å². The van der Waals surface area contributed by atoms with Gasteiger partial charge in [0.15, 0.2) is 5.69 Å². The number of thiazole rings is 1. The second-order valence-electron chi connectivity index (χ2n) is 4.44. The number of halogens is 1. The van der Waals surface area contributed by atoms with Gasteiger partial charge in [0, 0.05) is 0 Å². The van der Waals surface area contributed by atoms with Crippen LogP contribution in [0.2, 0.25) is 0 Å². The first-order valence-electron chi connectivity index (χ1n) is 6.35. The molecule has 10 nitrogen and oxygen atoms in total. The Morgan fingerprint density at radius 3 is 2.72 bits per heavy atom. The highest BCUT2D eigenvalue weighted by Gasteiger charge is 2.22. The molecule has 0 aliphatic rings. The molecule has 1 heterocycles. The second kappa shape index (κ2) is 7.52. The van der Waals surface area contributed by atoms with Crippen molar-refractivity contribution in [2.24, 2.45) is 5.90 Å². The Bertz CT molecular complexity index is 914. The second-order valence-corrected chi connectivity index (χ2v) is 6.98. The molecule has 0 atom stereocenters. The number of aromatic nitrogens is 1. The molecule has 25 heavy (non-hydrogen) atoms. The summed E-state index contributed by atoms with van der Waals surface area (Å²) in [7, 11) is -4.26. The van der Waals surface area contributed by atoms with Gasteiger partial charge in [-0.05, 0) is 18.2 Å². The number of nitrogens with zero attached hydrogens (tertiary/aromatic N) is 1. The molecule has 0 saturated carbocycles. The standard InChI is InChI=1S/C12H11FN4O6S2/c13-7-3-6(1-2-8(7)16-9(18)4-23-14)25(21,22)17-11-10(12(19)20)15-5-24-11/h1-3,5,17H,4,14H2,(H,16,18)(H,19,20). The molecule has 13 heteroatoms. The van der Waals surface area contributed by atoms with Crippen LogP contribution >= 0.6 is 11.3 Å². The summed E-state index contributed by atoms with van der Waals surface area (Å²) >= 11 is 0.762. The van der Waals surface area contributed by atoms with E-state index in [0.717, 1.165) is 29.0 Å². The lowest BCUT2D eigenvalue weighted by atomic mass is 10.3. The average molecular weight is 390 g/mol. The van der Waals surface area contributed by atoms with Crippen molar-refractivity contribution in [1.82, 2.24) is 4.98 Å². The highest BCUT2D eigenvalue weighted by molar-refractivity contribution is 7.93. The minimum Gasteiger partial charge on any atom is -0.476 e. The quantitative estimate of drug-likeness (QED) is 0.500. The van der Waals surface area contributed by atoms with Crippen LogP contribution in [0.4, 0.5) is 15.1 Å². The first-order chi connectivity index (χ1) is 11.7. The lowest BCUT2D eigenvalue weighted by Gasteiger charge is -2.09. The van der Waals surface area contributed by atoms with E-state index in [1.807, 2.05) is 4.72 Å². The normalized spacial score (nSPS) is 11.1. The molecule has 0 saturated heterocycles. The monoisotopic (exact) mass is 390 g/mol. The molecule has 0 unspecified atom stereocenters. The first-order valence-corrected chi connectivity index (χ1v) is 8.71. The van der Waals surface area contributed by atoms with Crippen LogP contribution in [-0.2, 0) is 19.7 Å². The van der Waals surface area contributed by atoms with Crippen LogP contribution in [0.3, 0.4) is 0 Å². The van der Waals surface area contributed by atoms with E-state index in [0.29, 0.717) is 6.07 Å². The van der Waals surface area contributed by atoms with Crippen LogP contribution in [0, 0.1) is 5.82 Å². The van der Waals surface area contributed by atoms with E-state index >= 15 is 0 Å². The van der Waals surface area contributed by atoms with Gasteiger partial charge in [-0.25, -0.2) is 28.5 Å². The lowest BCUT2D eigenvalue weighted by molar-refractivity contribution is -0.120. The average Bonchev–Trinajstić information content (AvgIpc) is 2.97. The van der Waals surface area contributed by atoms with Crippen molar-refractivity contribution in [2.45, 2.75) is 4.90 Å². The molecule has 0 bridgehead atoms. The molecule has 5 N–H and O–H groups in total. The van der Waals surface area contributed by atoms with E-state index in [1.54, 1.807) is 0 Å². The fraction of sp³-hybridized carbons (Fsp3) is 0.0833. The Kier molecular flexibility index (Phi) is 5.63. The van der Waals surface area contributed by atoms with Crippen molar-refractivity contribution in [1.29, 1.82) is 0 Å². The van der Waals surface area contributed by atoms with Gasteiger partial charge in [0.25, 0.3) is 15.9 Å². The first kappa shape index (κ1) is 18.7.